The van der Waals surface area contributed by atoms with Gasteiger partial charge in [-0.05, 0) is 61.6 Å². The molecule has 0 aliphatic carbocycles. The summed E-state index contributed by atoms with van der Waals surface area (Å²) in [6.07, 6.45) is 3.52. The van der Waals surface area contributed by atoms with Crippen molar-refractivity contribution in [1.29, 1.82) is 0 Å². The van der Waals surface area contributed by atoms with Crippen LogP contribution in [0.4, 0.5) is 0 Å². The van der Waals surface area contributed by atoms with Gasteiger partial charge in [0.15, 0.2) is 0 Å². The van der Waals surface area contributed by atoms with Crippen molar-refractivity contribution in [2.75, 3.05) is 0 Å². The highest BCUT2D eigenvalue weighted by molar-refractivity contribution is 7.13. The van der Waals surface area contributed by atoms with Crippen LogP contribution in [0, 0.1) is 13.8 Å². The quantitative estimate of drug-likeness (QED) is 0.801. The predicted molar refractivity (Wildman–Crippen MR) is 83.6 cm³/mol. The van der Waals surface area contributed by atoms with Gasteiger partial charge in [0.05, 0.1) is 10.1 Å². The lowest BCUT2D eigenvalue weighted by Crippen LogP contribution is -2.05. The molecule has 0 unspecified atom stereocenters. The van der Waals surface area contributed by atoms with E-state index in [2.05, 4.69) is 29.3 Å². The Hall–Kier alpha value is -1.94. The van der Waals surface area contributed by atoms with Gasteiger partial charge in [-0.3, -0.25) is 14.2 Å². The maximum absolute atomic E-state index is 12.0. The lowest BCUT2D eigenvalue weighted by Gasteiger charge is -2.09. The van der Waals surface area contributed by atoms with Gasteiger partial charge in [0.2, 0.25) is 0 Å². The summed E-state index contributed by atoms with van der Waals surface area (Å²) in [5.74, 6) is 0. The lowest BCUT2D eigenvalue weighted by atomic mass is 9.96. The Bertz CT molecular complexity index is 802. The Morgan fingerprint density at radius 3 is 2.85 bits per heavy atom. The van der Waals surface area contributed by atoms with Crippen molar-refractivity contribution in [3.63, 3.8) is 0 Å². The average molecular weight is 284 g/mol. The van der Waals surface area contributed by atoms with Crippen LogP contribution >= 0.6 is 11.5 Å². The van der Waals surface area contributed by atoms with Crippen molar-refractivity contribution in [2.45, 2.75) is 26.7 Å². The van der Waals surface area contributed by atoms with Crippen LogP contribution in [0.2, 0.25) is 0 Å². The van der Waals surface area contributed by atoms with Crippen molar-refractivity contribution in [3.05, 3.63) is 63.2 Å². The van der Waals surface area contributed by atoms with Gasteiger partial charge in [-0.25, -0.2) is 0 Å². The molecule has 1 N–H and O–H groups in total. The largest absolute Gasteiger partial charge is 0.277 e. The molecule has 1 aromatic carbocycles. The molecule has 0 saturated heterocycles. The number of rotatable bonds is 3. The third-order valence-corrected chi connectivity index (χ3v) is 4.61. The van der Waals surface area contributed by atoms with E-state index in [0.29, 0.717) is 0 Å². The molecule has 0 bridgehead atoms. The molecular weight excluding hydrogens is 268 g/mol. The molecule has 0 amide bonds. The fourth-order valence-electron chi connectivity index (χ4n) is 2.54. The van der Waals surface area contributed by atoms with Gasteiger partial charge < -0.3 is 0 Å². The Kier molecular flexibility index (Phi) is 3.40. The minimum Gasteiger partial charge on any atom is -0.277 e. The van der Waals surface area contributed by atoms with Crippen LogP contribution < -0.4 is 5.56 Å². The number of fused-ring (bicyclic) bond motifs is 1. The van der Waals surface area contributed by atoms with Crippen LogP contribution in [0.1, 0.15) is 22.4 Å². The average Bonchev–Trinajstić information content (AvgIpc) is 2.82. The second-order valence-electron chi connectivity index (χ2n) is 5.02. The van der Waals surface area contributed by atoms with E-state index in [1.165, 1.54) is 22.7 Å². The third kappa shape index (κ3) is 2.27. The van der Waals surface area contributed by atoms with Gasteiger partial charge in [-0.1, -0.05) is 17.6 Å². The van der Waals surface area contributed by atoms with Crippen molar-refractivity contribution in [3.8, 4) is 0 Å². The van der Waals surface area contributed by atoms with Crippen LogP contribution in [0.15, 0.2) is 35.3 Å². The molecule has 0 aliphatic rings. The van der Waals surface area contributed by atoms with E-state index in [1.54, 1.807) is 0 Å². The van der Waals surface area contributed by atoms with Crippen LogP contribution in [0.25, 0.3) is 10.1 Å². The Balaban J connectivity index is 2.04. The second kappa shape index (κ2) is 5.21. The Morgan fingerprint density at radius 1 is 1.25 bits per heavy atom. The number of aromatic nitrogens is 2. The summed E-state index contributed by atoms with van der Waals surface area (Å²) in [4.78, 5) is 16.4. The summed E-state index contributed by atoms with van der Waals surface area (Å²) < 4.78 is 3.89. The number of hydrogen-bond donors (Lipinski definition) is 1. The molecule has 0 spiro atoms. The first-order valence-electron chi connectivity index (χ1n) is 6.67. The summed E-state index contributed by atoms with van der Waals surface area (Å²) in [6, 6.07) is 8.04. The molecule has 0 saturated carbocycles. The molecule has 4 heteroatoms. The van der Waals surface area contributed by atoms with E-state index in [-0.39, 0.29) is 5.56 Å². The van der Waals surface area contributed by atoms with E-state index < -0.39 is 0 Å². The maximum atomic E-state index is 12.0. The van der Waals surface area contributed by atoms with E-state index in [9.17, 15) is 4.79 Å². The summed E-state index contributed by atoms with van der Waals surface area (Å²) >= 11 is 1.42. The maximum Gasteiger partial charge on any atom is 0.266 e. The number of pyridine rings is 1. The Morgan fingerprint density at radius 2 is 2.10 bits per heavy atom. The first kappa shape index (κ1) is 13.1. The molecule has 0 fully saturated rings. The molecule has 0 atom stereocenters. The molecule has 20 heavy (non-hydrogen) atoms. The summed E-state index contributed by atoms with van der Waals surface area (Å²) in [5.41, 5.74) is 4.71. The number of aromatic amines is 1. The Labute approximate surface area is 121 Å². The fraction of sp³-hybridized carbons (Fsp3) is 0.250. The van der Waals surface area contributed by atoms with Crippen LogP contribution in [-0.4, -0.2) is 9.36 Å². The van der Waals surface area contributed by atoms with Crippen molar-refractivity contribution in [2.24, 2.45) is 0 Å². The number of H-pyrrole nitrogens is 1. The highest BCUT2D eigenvalue weighted by Gasteiger charge is 2.13. The third-order valence-electron chi connectivity index (χ3n) is 3.78. The minimum atomic E-state index is 0.0316. The minimum absolute atomic E-state index is 0.0316. The number of nitrogens with one attached hydrogen (secondary N) is 1. The normalized spacial score (nSPS) is 11.1. The SMILES string of the molecule is Cc1cc2s[nH]c(=O)c2c(CCc2ccccn2)c1C. The van der Waals surface area contributed by atoms with E-state index >= 15 is 0 Å². The molecule has 0 radical (unpaired) electrons. The number of nitrogens with zero attached hydrogens (tertiary/aromatic N) is 1. The van der Waals surface area contributed by atoms with Gasteiger partial charge in [0, 0.05) is 11.9 Å². The summed E-state index contributed by atoms with van der Waals surface area (Å²) in [7, 11) is 0. The topological polar surface area (TPSA) is 45.8 Å². The summed E-state index contributed by atoms with van der Waals surface area (Å²) in [6.45, 7) is 4.20. The van der Waals surface area contributed by atoms with E-state index in [0.717, 1.165) is 34.2 Å². The second-order valence-corrected chi connectivity index (χ2v) is 5.87. The molecule has 3 nitrogen and oxygen atoms in total. The zero-order chi connectivity index (χ0) is 14.1. The van der Waals surface area contributed by atoms with Gasteiger partial charge in [0.25, 0.3) is 5.56 Å². The molecule has 102 valence electrons. The van der Waals surface area contributed by atoms with E-state index in [4.69, 9.17) is 0 Å². The van der Waals surface area contributed by atoms with Crippen LogP contribution in [-0.2, 0) is 12.8 Å². The monoisotopic (exact) mass is 284 g/mol. The molecule has 2 heterocycles. The van der Waals surface area contributed by atoms with Gasteiger partial charge >= 0.3 is 0 Å². The van der Waals surface area contributed by atoms with Crippen molar-refractivity contribution < 1.29 is 0 Å². The molecule has 3 aromatic rings. The van der Waals surface area contributed by atoms with Gasteiger partial charge in [-0.15, -0.1) is 0 Å². The zero-order valence-corrected chi connectivity index (χ0v) is 12.4. The van der Waals surface area contributed by atoms with Crippen molar-refractivity contribution in [1.82, 2.24) is 9.36 Å². The zero-order valence-electron chi connectivity index (χ0n) is 11.6. The first-order valence-corrected chi connectivity index (χ1v) is 7.48. The van der Waals surface area contributed by atoms with Crippen molar-refractivity contribution >= 4 is 21.6 Å². The molecular formula is C16H16N2OS. The molecule has 3 rings (SSSR count). The number of hydrogen-bond acceptors (Lipinski definition) is 3. The lowest BCUT2D eigenvalue weighted by molar-refractivity contribution is 0.910. The smallest absolute Gasteiger partial charge is 0.266 e. The molecule has 2 aromatic heterocycles. The van der Waals surface area contributed by atoms with E-state index in [1.807, 2.05) is 24.4 Å². The predicted octanol–water partition coefficient (Wildman–Crippen LogP) is 3.39. The number of aryl methyl sites for hydroxylation is 3. The number of benzene rings is 1. The van der Waals surface area contributed by atoms with Gasteiger partial charge in [0.1, 0.15) is 0 Å². The standard InChI is InChI=1S/C16H16N2OS/c1-10-9-14-15(16(19)18-20-14)13(11(10)2)7-6-12-5-3-4-8-17-12/h3-5,8-9H,6-7H2,1-2H3,(H,18,19). The van der Waals surface area contributed by atoms with Crippen LogP contribution in [0.5, 0.6) is 0 Å². The summed E-state index contributed by atoms with van der Waals surface area (Å²) in [5, 5.41) is 0.856. The van der Waals surface area contributed by atoms with Gasteiger partial charge in [-0.2, -0.15) is 0 Å². The highest BCUT2D eigenvalue weighted by atomic mass is 32.1. The highest BCUT2D eigenvalue weighted by Crippen LogP contribution is 2.26. The fourth-order valence-corrected chi connectivity index (χ4v) is 3.40. The first-order chi connectivity index (χ1) is 9.66. The van der Waals surface area contributed by atoms with Crippen LogP contribution in [0.3, 0.4) is 0 Å². The molecule has 0 aliphatic heterocycles.